The third-order valence-electron chi connectivity index (χ3n) is 5.14. The molecule has 2 aromatic heterocycles. The molecule has 2 aromatic carbocycles. The van der Waals surface area contributed by atoms with Crippen molar-refractivity contribution in [1.82, 2.24) is 19.3 Å². The number of hydrogen-bond acceptors (Lipinski definition) is 5. The fourth-order valence-corrected chi connectivity index (χ4v) is 5.23. The third-order valence-corrected chi connectivity index (χ3v) is 7.02. The summed E-state index contributed by atoms with van der Waals surface area (Å²) in [5, 5.41) is 0.807. The molecule has 6 nitrogen and oxygen atoms in total. The van der Waals surface area contributed by atoms with Crippen LogP contribution in [-0.4, -0.2) is 34.2 Å². The van der Waals surface area contributed by atoms with Gasteiger partial charge in [-0.1, -0.05) is 48.5 Å². The number of aromatic nitrogens is 3. The first-order valence-corrected chi connectivity index (χ1v) is 10.8. The Bertz CT molecular complexity index is 1300. The van der Waals surface area contributed by atoms with Crippen LogP contribution in [0.4, 0.5) is 0 Å². The number of nitrogens with zero attached hydrogens (tertiary/aromatic N) is 4. The fraction of sp³-hybridized carbons (Fsp3) is 0.136. The number of fused-ring (bicyclic) bond motifs is 2. The second kappa shape index (κ2) is 7.02. The van der Waals surface area contributed by atoms with Gasteiger partial charge in [0.1, 0.15) is 4.90 Å². The van der Waals surface area contributed by atoms with Crippen molar-refractivity contribution >= 4 is 20.9 Å². The first-order valence-electron chi connectivity index (χ1n) is 9.37. The van der Waals surface area contributed by atoms with Crippen LogP contribution in [0.15, 0.2) is 78.0 Å². The Hall–Kier alpha value is -3.16. The van der Waals surface area contributed by atoms with Crippen LogP contribution < -0.4 is 0 Å². The van der Waals surface area contributed by atoms with Crippen LogP contribution in [-0.2, 0) is 23.0 Å². The molecule has 144 valence electrons. The largest absolute Gasteiger partial charge is 0.255 e. The van der Waals surface area contributed by atoms with Crippen molar-refractivity contribution < 1.29 is 8.42 Å². The molecule has 1 aliphatic rings. The van der Waals surface area contributed by atoms with Gasteiger partial charge in [0.25, 0.3) is 0 Å². The van der Waals surface area contributed by atoms with E-state index in [0.717, 1.165) is 22.2 Å². The highest BCUT2D eigenvalue weighted by atomic mass is 32.2. The van der Waals surface area contributed by atoms with E-state index in [2.05, 4.69) is 15.0 Å². The molecule has 0 spiro atoms. The summed E-state index contributed by atoms with van der Waals surface area (Å²) in [6, 6.07) is 18.7. The third kappa shape index (κ3) is 3.18. The molecule has 0 saturated heterocycles. The SMILES string of the molecule is O=S(=O)(c1cccc2cccnc12)N1CCc2nc(-c3ccccc3)ncc2C1. The first-order chi connectivity index (χ1) is 14.1. The van der Waals surface area contributed by atoms with Crippen LogP contribution in [0.2, 0.25) is 0 Å². The monoisotopic (exact) mass is 402 g/mol. The minimum atomic E-state index is -3.68. The zero-order valence-corrected chi connectivity index (χ0v) is 16.4. The van der Waals surface area contributed by atoms with E-state index in [-0.39, 0.29) is 11.4 Å². The van der Waals surface area contributed by atoms with Crippen LogP contribution in [0.5, 0.6) is 0 Å². The van der Waals surface area contributed by atoms with Gasteiger partial charge in [0.2, 0.25) is 10.0 Å². The van der Waals surface area contributed by atoms with E-state index in [0.29, 0.717) is 24.3 Å². The molecule has 0 saturated carbocycles. The van der Waals surface area contributed by atoms with Gasteiger partial charge in [-0.05, 0) is 12.1 Å². The van der Waals surface area contributed by atoms with Crippen molar-refractivity contribution in [2.24, 2.45) is 0 Å². The number of benzene rings is 2. The van der Waals surface area contributed by atoms with E-state index in [1.165, 1.54) is 4.31 Å². The van der Waals surface area contributed by atoms with Crippen molar-refractivity contribution in [3.8, 4) is 11.4 Å². The molecule has 0 radical (unpaired) electrons. The Labute approximate surface area is 168 Å². The van der Waals surface area contributed by atoms with Gasteiger partial charge in [0.05, 0.1) is 11.2 Å². The molecule has 0 atom stereocenters. The minimum absolute atomic E-state index is 0.237. The van der Waals surface area contributed by atoms with Crippen molar-refractivity contribution in [2.75, 3.05) is 6.54 Å². The normalized spacial score (nSPS) is 14.6. The molecule has 0 fully saturated rings. The first kappa shape index (κ1) is 17.9. The number of para-hydroxylation sites is 1. The molecular weight excluding hydrogens is 384 g/mol. The lowest BCUT2D eigenvalue weighted by molar-refractivity contribution is 0.387. The molecule has 0 unspecified atom stereocenters. The van der Waals surface area contributed by atoms with E-state index in [4.69, 9.17) is 0 Å². The van der Waals surface area contributed by atoms with E-state index in [9.17, 15) is 8.42 Å². The van der Waals surface area contributed by atoms with Crippen LogP contribution in [0, 0.1) is 0 Å². The van der Waals surface area contributed by atoms with Crippen LogP contribution in [0.1, 0.15) is 11.3 Å². The van der Waals surface area contributed by atoms with E-state index in [1.807, 2.05) is 42.5 Å². The summed E-state index contributed by atoms with van der Waals surface area (Å²) in [5.74, 6) is 0.666. The van der Waals surface area contributed by atoms with Gasteiger partial charge in [-0.25, -0.2) is 18.4 Å². The Kier molecular flexibility index (Phi) is 4.34. The van der Waals surface area contributed by atoms with Gasteiger partial charge in [-0.2, -0.15) is 4.31 Å². The molecule has 7 heteroatoms. The van der Waals surface area contributed by atoms with Gasteiger partial charge in [0, 0.05) is 48.4 Å². The number of hydrogen-bond donors (Lipinski definition) is 0. The molecule has 1 aliphatic heterocycles. The number of pyridine rings is 1. The van der Waals surface area contributed by atoms with E-state index >= 15 is 0 Å². The fourth-order valence-electron chi connectivity index (χ4n) is 3.65. The molecule has 0 N–H and O–H groups in total. The van der Waals surface area contributed by atoms with E-state index in [1.54, 1.807) is 30.6 Å². The number of sulfonamides is 1. The summed E-state index contributed by atoms with van der Waals surface area (Å²) in [7, 11) is -3.68. The van der Waals surface area contributed by atoms with Gasteiger partial charge in [0.15, 0.2) is 5.82 Å². The molecule has 3 heterocycles. The Morgan fingerprint density at radius 1 is 0.897 bits per heavy atom. The zero-order valence-electron chi connectivity index (χ0n) is 15.6. The van der Waals surface area contributed by atoms with Crippen molar-refractivity contribution in [2.45, 2.75) is 17.9 Å². The minimum Gasteiger partial charge on any atom is -0.255 e. The predicted octanol–water partition coefficient (Wildman–Crippen LogP) is 3.44. The lowest BCUT2D eigenvalue weighted by Gasteiger charge is -2.27. The average molecular weight is 402 g/mol. The summed E-state index contributed by atoms with van der Waals surface area (Å²) < 4.78 is 28.2. The molecular formula is C22H18N4O2S. The predicted molar refractivity (Wildman–Crippen MR) is 111 cm³/mol. The van der Waals surface area contributed by atoms with Crippen molar-refractivity contribution in [3.63, 3.8) is 0 Å². The average Bonchev–Trinajstić information content (AvgIpc) is 2.78. The molecule has 5 rings (SSSR count). The zero-order chi connectivity index (χ0) is 19.8. The van der Waals surface area contributed by atoms with Crippen molar-refractivity contribution in [1.29, 1.82) is 0 Å². The maximum atomic E-state index is 13.3. The maximum absolute atomic E-state index is 13.3. The van der Waals surface area contributed by atoms with Crippen LogP contribution in [0.25, 0.3) is 22.3 Å². The van der Waals surface area contributed by atoms with Gasteiger partial charge in [-0.3, -0.25) is 4.98 Å². The quantitative estimate of drug-likeness (QED) is 0.525. The Balaban J connectivity index is 1.49. The van der Waals surface area contributed by atoms with Gasteiger partial charge >= 0.3 is 0 Å². The van der Waals surface area contributed by atoms with Crippen LogP contribution >= 0.6 is 0 Å². The summed E-state index contributed by atoms with van der Waals surface area (Å²) >= 11 is 0. The molecule has 0 amide bonds. The lowest BCUT2D eigenvalue weighted by Crippen LogP contribution is -2.36. The second-order valence-corrected chi connectivity index (χ2v) is 8.86. The summed E-state index contributed by atoms with van der Waals surface area (Å²) in [5.41, 5.74) is 3.19. The topological polar surface area (TPSA) is 76.1 Å². The smallest absolute Gasteiger partial charge is 0.245 e. The number of rotatable bonds is 3. The van der Waals surface area contributed by atoms with Gasteiger partial charge in [-0.15, -0.1) is 0 Å². The molecule has 0 bridgehead atoms. The standard InChI is InChI=1S/C22H18N4O2S/c27-29(28,20-10-4-8-16-9-5-12-23-21(16)20)26-13-11-19-18(15-26)14-24-22(25-19)17-6-2-1-3-7-17/h1-10,12,14H,11,13,15H2. The Morgan fingerprint density at radius 2 is 1.72 bits per heavy atom. The summed E-state index contributed by atoms with van der Waals surface area (Å²) in [6.45, 7) is 0.639. The Morgan fingerprint density at radius 3 is 2.59 bits per heavy atom. The van der Waals surface area contributed by atoms with Crippen LogP contribution in [0.3, 0.4) is 0 Å². The molecule has 29 heavy (non-hydrogen) atoms. The summed E-state index contributed by atoms with van der Waals surface area (Å²) in [6.07, 6.45) is 3.91. The highest BCUT2D eigenvalue weighted by Crippen LogP contribution is 2.28. The van der Waals surface area contributed by atoms with Gasteiger partial charge < -0.3 is 0 Å². The van der Waals surface area contributed by atoms with Crippen molar-refractivity contribution in [3.05, 3.63) is 84.3 Å². The highest BCUT2D eigenvalue weighted by molar-refractivity contribution is 7.89. The highest BCUT2D eigenvalue weighted by Gasteiger charge is 2.31. The maximum Gasteiger partial charge on any atom is 0.245 e. The molecule has 0 aliphatic carbocycles. The van der Waals surface area contributed by atoms with E-state index < -0.39 is 10.0 Å². The molecule has 4 aromatic rings. The summed E-state index contributed by atoms with van der Waals surface area (Å²) in [4.78, 5) is 13.7. The lowest BCUT2D eigenvalue weighted by atomic mass is 10.1. The second-order valence-electron chi connectivity index (χ2n) is 6.95.